The summed E-state index contributed by atoms with van der Waals surface area (Å²) >= 11 is 0. The van der Waals surface area contributed by atoms with Gasteiger partial charge in [0, 0.05) is 29.6 Å². The van der Waals surface area contributed by atoms with Crippen LogP contribution in [0.2, 0.25) is 0 Å². The van der Waals surface area contributed by atoms with E-state index in [2.05, 4.69) is 10.1 Å². The van der Waals surface area contributed by atoms with Crippen LogP contribution in [0.4, 0.5) is 8.78 Å². The van der Waals surface area contributed by atoms with E-state index in [1.807, 2.05) is 0 Å². The summed E-state index contributed by atoms with van der Waals surface area (Å²) in [5.74, 6) is -1.48. The third-order valence-electron chi connectivity index (χ3n) is 2.91. The van der Waals surface area contributed by atoms with E-state index in [4.69, 9.17) is 0 Å². The lowest BCUT2D eigenvalue weighted by Crippen LogP contribution is -2.03. The lowest BCUT2D eigenvalue weighted by molar-refractivity contribution is 0.216. The summed E-state index contributed by atoms with van der Waals surface area (Å²) in [6.45, 7) is 0. The van der Waals surface area contributed by atoms with Gasteiger partial charge in [-0.3, -0.25) is 4.98 Å². The van der Waals surface area contributed by atoms with E-state index in [9.17, 15) is 13.9 Å². The number of benzene rings is 1. The van der Waals surface area contributed by atoms with Crippen molar-refractivity contribution in [2.45, 2.75) is 6.10 Å². The van der Waals surface area contributed by atoms with Crippen molar-refractivity contribution < 1.29 is 13.9 Å². The summed E-state index contributed by atoms with van der Waals surface area (Å²) in [6, 6.07) is 3.06. The molecule has 1 N–H and O–H groups in total. The molecule has 0 aliphatic rings. The van der Waals surface area contributed by atoms with Gasteiger partial charge < -0.3 is 5.11 Å². The summed E-state index contributed by atoms with van der Waals surface area (Å²) in [7, 11) is 0. The molecule has 0 saturated carbocycles. The largest absolute Gasteiger partial charge is 0.383 e. The molecule has 2 aromatic heterocycles. The highest BCUT2D eigenvalue weighted by atomic mass is 19.1. The zero-order valence-electron chi connectivity index (χ0n) is 9.66. The van der Waals surface area contributed by atoms with Crippen molar-refractivity contribution >= 4 is 5.52 Å². The van der Waals surface area contributed by atoms with E-state index in [1.165, 1.54) is 23.0 Å². The molecule has 0 fully saturated rings. The van der Waals surface area contributed by atoms with Crippen molar-refractivity contribution in [1.82, 2.24) is 14.6 Å². The first-order valence-electron chi connectivity index (χ1n) is 5.57. The Hall–Kier alpha value is -2.34. The molecule has 1 atom stereocenters. The topological polar surface area (TPSA) is 50.4 Å². The molecule has 19 heavy (non-hydrogen) atoms. The summed E-state index contributed by atoms with van der Waals surface area (Å²) in [4.78, 5) is 3.93. The third-order valence-corrected chi connectivity index (χ3v) is 2.91. The second-order valence-corrected chi connectivity index (χ2v) is 4.07. The molecule has 1 aromatic carbocycles. The van der Waals surface area contributed by atoms with E-state index < -0.39 is 17.7 Å². The minimum Gasteiger partial charge on any atom is -0.383 e. The van der Waals surface area contributed by atoms with Crippen LogP contribution in [-0.2, 0) is 0 Å². The molecule has 0 saturated heterocycles. The minimum absolute atomic E-state index is 0.000142. The Morgan fingerprint density at radius 2 is 2.00 bits per heavy atom. The average molecular weight is 261 g/mol. The Labute approximate surface area is 107 Å². The number of hydrogen-bond acceptors (Lipinski definition) is 3. The molecule has 3 aromatic rings. The minimum atomic E-state index is -1.22. The van der Waals surface area contributed by atoms with E-state index in [0.717, 1.165) is 12.1 Å². The number of nitrogens with zero attached hydrogens (tertiary/aromatic N) is 3. The van der Waals surface area contributed by atoms with Crippen LogP contribution in [0.25, 0.3) is 5.52 Å². The standard InChI is InChI=1S/C13H9F2N3O/c14-8-1-2-9(11(15)5-8)13(19)10-6-17-18-4-3-16-7-12(10)18/h1-7,13,19H. The van der Waals surface area contributed by atoms with Gasteiger partial charge in [0.1, 0.15) is 17.7 Å². The number of hydrogen-bond donors (Lipinski definition) is 1. The molecule has 0 radical (unpaired) electrons. The fourth-order valence-corrected chi connectivity index (χ4v) is 1.95. The van der Waals surface area contributed by atoms with Crippen LogP contribution in [0.3, 0.4) is 0 Å². The zero-order valence-corrected chi connectivity index (χ0v) is 9.66. The lowest BCUT2D eigenvalue weighted by Gasteiger charge is -2.10. The van der Waals surface area contributed by atoms with Gasteiger partial charge in [-0.25, -0.2) is 13.3 Å². The van der Waals surface area contributed by atoms with Crippen LogP contribution in [0, 0.1) is 11.6 Å². The van der Waals surface area contributed by atoms with Crippen LogP contribution in [0.5, 0.6) is 0 Å². The first-order valence-corrected chi connectivity index (χ1v) is 5.57. The number of rotatable bonds is 2. The Morgan fingerprint density at radius 1 is 1.16 bits per heavy atom. The molecular formula is C13H9F2N3O. The predicted molar refractivity (Wildman–Crippen MR) is 63.4 cm³/mol. The number of fused-ring (bicyclic) bond motifs is 1. The molecule has 0 bridgehead atoms. The molecule has 1 unspecified atom stereocenters. The van der Waals surface area contributed by atoms with Crippen molar-refractivity contribution in [2.75, 3.05) is 0 Å². The van der Waals surface area contributed by atoms with Crippen LogP contribution >= 0.6 is 0 Å². The quantitative estimate of drug-likeness (QED) is 0.768. The highest BCUT2D eigenvalue weighted by Gasteiger charge is 2.19. The highest BCUT2D eigenvalue weighted by Crippen LogP contribution is 2.27. The first kappa shape index (κ1) is 11.7. The van der Waals surface area contributed by atoms with Gasteiger partial charge in [-0.15, -0.1) is 0 Å². The summed E-state index contributed by atoms with van der Waals surface area (Å²) in [5.41, 5.74) is 0.984. The summed E-state index contributed by atoms with van der Waals surface area (Å²) < 4.78 is 28.0. The summed E-state index contributed by atoms with van der Waals surface area (Å²) in [6.07, 6.45) is 4.90. The SMILES string of the molecule is OC(c1ccc(F)cc1F)c1cnn2ccncc12. The van der Waals surface area contributed by atoms with Crippen molar-refractivity contribution in [1.29, 1.82) is 0 Å². The Bertz CT molecular complexity index is 742. The fraction of sp³-hybridized carbons (Fsp3) is 0.0769. The van der Waals surface area contributed by atoms with E-state index in [0.29, 0.717) is 11.1 Å². The van der Waals surface area contributed by atoms with E-state index in [1.54, 1.807) is 12.4 Å². The monoisotopic (exact) mass is 261 g/mol. The Kier molecular flexibility index (Phi) is 2.72. The molecule has 0 spiro atoms. The Morgan fingerprint density at radius 3 is 2.79 bits per heavy atom. The van der Waals surface area contributed by atoms with Crippen LogP contribution in [0.1, 0.15) is 17.2 Å². The van der Waals surface area contributed by atoms with Crippen LogP contribution in [0.15, 0.2) is 43.0 Å². The number of aliphatic hydroxyl groups is 1. The molecule has 6 heteroatoms. The second-order valence-electron chi connectivity index (χ2n) is 4.07. The molecule has 2 heterocycles. The molecule has 0 amide bonds. The number of halogens is 2. The normalized spacial score (nSPS) is 12.8. The van der Waals surface area contributed by atoms with Gasteiger partial charge in [0.2, 0.25) is 0 Å². The summed E-state index contributed by atoms with van der Waals surface area (Å²) in [5, 5.41) is 14.2. The maximum absolute atomic E-state index is 13.7. The third kappa shape index (κ3) is 1.96. The van der Waals surface area contributed by atoms with Gasteiger partial charge in [0.25, 0.3) is 0 Å². The van der Waals surface area contributed by atoms with Gasteiger partial charge in [-0.2, -0.15) is 5.10 Å². The molecule has 0 aliphatic carbocycles. The first-order chi connectivity index (χ1) is 9.16. The maximum atomic E-state index is 13.7. The number of aromatic nitrogens is 3. The second kappa shape index (κ2) is 4.40. The molecule has 96 valence electrons. The predicted octanol–water partition coefficient (Wildman–Crippen LogP) is 2.09. The lowest BCUT2D eigenvalue weighted by atomic mass is 10.0. The smallest absolute Gasteiger partial charge is 0.132 e. The van der Waals surface area contributed by atoms with Crippen molar-refractivity contribution in [3.63, 3.8) is 0 Å². The van der Waals surface area contributed by atoms with Crippen LogP contribution in [-0.4, -0.2) is 19.7 Å². The highest BCUT2D eigenvalue weighted by molar-refractivity contribution is 5.54. The molecular weight excluding hydrogens is 252 g/mol. The molecule has 3 rings (SSSR count). The van der Waals surface area contributed by atoms with Gasteiger partial charge >= 0.3 is 0 Å². The number of aliphatic hydroxyl groups excluding tert-OH is 1. The van der Waals surface area contributed by atoms with Gasteiger partial charge in [-0.1, -0.05) is 6.07 Å². The molecule has 4 nitrogen and oxygen atoms in total. The maximum Gasteiger partial charge on any atom is 0.132 e. The van der Waals surface area contributed by atoms with Crippen molar-refractivity contribution in [3.05, 3.63) is 65.7 Å². The van der Waals surface area contributed by atoms with Gasteiger partial charge in [-0.05, 0) is 6.07 Å². The van der Waals surface area contributed by atoms with Crippen molar-refractivity contribution in [2.24, 2.45) is 0 Å². The van der Waals surface area contributed by atoms with Gasteiger partial charge in [0.05, 0.1) is 17.9 Å². The van der Waals surface area contributed by atoms with Crippen molar-refractivity contribution in [3.8, 4) is 0 Å². The average Bonchev–Trinajstić information content (AvgIpc) is 2.82. The van der Waals surface area contributed by atoms with Gasteiger partial charge in [0.15, 0.2) is 0 Å². The Balaban J connectivity index is 2.10. The van der Waals surface area contributed by atoms with E-state index >= 15 is 0 Å². The van der Waals surface area contributed by atoms with Crippen LogP contribution < -0.4 is 0 Å². The molecule has 0 aliphatic heterocycles. The van der Waals surface area contributed by atoms with E-state index in [-0.39, 0.29) is 5.56 Å². The zero-order chi connectivity index (χ0) is 13.4. The fourth-order valence-electron chi connectivity index (χ4n) is 1.95.